The van der Waals surface area contributed by atoms with E-state index in [2.05, 4.69) is 13.8 Å². The van der Waals surface area contributed by atoms with Gasteiger partial charge in [-0.1, -0.05) is 26.0 Å². The first-order chi connectivity index (χ1) is 9.02. The maximum atomic E-state index is 12.3. The lowest BCUT2D eigenvalue weighted by molar-refractivity contribution is -0.131. The summed E-state index contributed by atoms with van der Waals surface area (Å²) in [6.07, 6.45) is 0.310. The van der Waals surface area contributed by atoms with Crippen LogP contribution in [0.2, 0.25) is 0 Å². The third-order valence-corrected chi connectivity index (χ3v) is 2.77. The van der Waals surface area contributed by atoms with Gasteiger partial charge in [0.25, 0.3) is 0 Å². The van der Waals surface area contributed by atoms with Gasteiger partial charge in [-0.25, -0.2) is 0 Å². The van der Waals surface area contributed by atoms with Crippen LogP contribution in [0.4, 0.5) is 0 Å². The van der Waals surface area contributed by atoms with Crippen LogP contribution in [0, 0.1) is 5.92 Å². The molecule has 1 aromatic carbocycles. The summed E-state index contributed by atoms with van der Waals surface area (Å²) in [5.74, 6) is 0.680. The minimum Gasteiger partial charge on any atom is -0.508 e. The molecule has 106 valence electrons. The number of phenolic OH excluding ortho intramolecular Hbond substituents is 1. The molecule has 0 bridgehead atoms. The molecule has 0 atom stereocenters. The van der Waals surface area contributed by atoms with Crippen LogP contribution in [0.5, 0.6) is 5.75 Å². The predicted molar refractivity (Wildman–Crippen MR) is 75.1 cm³/mol. The van der Waals surface area contributed by atoms with E-state index in [1.165, 1.54) is 0 Å². The molecule has 0 spiro atoms. The van der Waals surface area contributed by atoms with Crippen molar-refractivity contribution in [1.29, 1.82) is 0 Å². The van der Waals surface area contributed by atoms with Gasteiger partial charge in [-0.2, -0.15) is 0 Å². The van der Waals surface area contributed by atoms with Crippen LogP contribution in [-0.2, 0) is 16.0 Å². The maximum Gasteiger partial charge on any atom is 0.227 e. The van der Waals surface area contributed by atoms with Crippen LogP contribution in [0.3, 0.4) is 0 Å². The van der Waals surface area contributed by atoms with Crippen LogP contribution in [0.25, 0.3) is 0 Å². The summed E-state index contributed by atoms with van der Waals surface area (Å²) in [7, 11) is 1.63. The molecule has 0 unspecified atom stereocenters. The van der Waals surface area contributed by atoms with Crippen molar-refractivity contribution >= 4 is 5.91 Å². The zero-order valence-corrected chi connectivity index (χ0v) is 11.9. The minimum absolute atomic E-state index is 0.0661. The molecule has 1 N–H and O–H groups in total. The molecule has 0 aromatic heterocycles. The zero-order valence-electron chi connectivity index (χ0n) is 11.9. The SMILES string of the molecule is COCCN(CC(C)C)C(=O)Cc1cccc(O)c1. The monoisotopic (exact) mass is 265 g/mol. The maximum absolute atomic E-state index is 12.3. The normalized spacial score (nSPS) is 10.7. The summed E-state index contributed by atoms with van der Waals surface area (Å²) >= 11 is 0. The Hall–Kier alpha value is -1.55. The third-order valence-electron chi connectivity index (χ3n) is 2.77. The number of phenols is 1. The summed E-state index contributed by atoms with van der Waals surface area (Å²) in [6, 6.07) is 6.83. The van der Waals surface area contributed by atoms with Gasteiger partial charge in [0, 0.05) is 20.2 Å². The number of benzene rings is 1. The summed E-state index contributed by atoms with van der Waals surface area (Å²) in [5, 5.41) is 9.41. The van der Waals surface area contributed by atoms with E-state index >= 15 is 0 Å². The average molecular weight is 265 g/mol. The molecule has 1 rings (SSSR count). The Morgan fingerprint density at radius 3 is 2.74 bits per heavy atom. The average Bonchev–Trinajstić information content (AvgIpc) is 2.34. The molecule has 0 radical (unpaired) electrons. The number of rotatable bonds is 7. The highest BCUT2D eigenvalue weighted by Crippen LogP contribution is 2.12. The van der Waals surface area contributed by atoms with Crippen molar-refractivity contribution in [3.8, 4) is 5.75 Å². The largest absolute Gasteiger partial charge is 0.508 e. The van der Waals surface area contributed by atoms with Crippen molar-refractivity contribution in [2.75, 3.05) is 26.8 Å². The predicted octanol–water partition coefficient (Wildman–Crippen LogP) is 2.07. The van der Waals surface area contributed by atoms with Crippen LogP contribution in [0.15, 0.2) is 24.3 Å². The fraction of sp³-hybridized carbons (Fsp3) is 0.533. The molecule has 0 aliphatic heterocycles. The molecule has 4 heteroatoms. The van der Waals surface area contributed by atoms with Crippen LogP contribution in [0.1, 0.15) is 19.4 Å². The Labute approximate surface area is 115 Å². The van der Waals surface area contributed by atoms with Crippen molar-refractivity contribution in [2.45, 2.75) is 20.3 Å². The van der Waals surface area contributed by atoms with E-state index in [0.717, 1.165) is 12.1 Å². The molecule has 0 saturated heterocycles. The van der Waals surface area contributed by atoms with Crippen LogP contribution >= 0.6 is 0 Å². The quantitative estimate of drug-likeness (QED) is 0.821. The Kier molecular flexibility index (Phi) is 6.36. The van der Waals surface area contributed by atoms with Crippen molar-refractivity contribution in [1.82, 2.24) is 4.90 Å². The van der Waals surface area contributed by atoms with Gasteiger partial charge in [0.1, 0.15) is 5.75 Å². The molecule has 4 nitrogen and oxygen atoms in total. The number of hydrogen-bond donors (Lipinski definition) is 1. The van der Waals surface area contributed by atoms with E-state index in [4.69, 9.17) is 4.74 Å². The molecule has 0 heterocycles. The lowest BCUT2D eigenvalue weighted by Gasteiger charge is -2.24. The summed E-state index contributed by atoms with van der Waals surface area (Å²) in [6.45, 7) is 6.04. The molecule has 19 heavy (non-hydrogen) atoms. The molecule has 0 fully saturated rings. The second kappa shape index (κ2) is 7.79. The van der Waals surface area contributed by atoms with E-state index < -0.39 is 0 Å². The lowest BCUT2D eigenvalue weighted by Crippen LogP contribution is -2.37. The van der Waals surface area contributed by atoms with Gasteiger partial charge in [-0.05, 0) is 23.6 Å². The van der Waals surface area contributed by atoms with E-state index in [9.17, 15) is 9.90 Å². The number of ether oxygens (including phenoxy) is 1. The van der Waals surface area contributed by atoms with Crippen molar-refractivity contribution in [2.24, 2.45) is 5.92 Å². The molecule has 0 saturated carbocycles. The standard InChI is InChI=1S/C15H23NO3/c1-12(2)11-16(7-8-19-3)15(18)10-13-5-4-6-14(17)9-13/h4-6,9,12,17H,7-8,10-11H2,1-3H3. The molecular weight excluding hydrogens is 242 g/mol. The number of carbonyl (C=O) groups is 1. The Morgan fingerprint density at radius 2 is 2.16 bits per heavy atom. The second-order valence-electron chi connectivity index (χ2n) is 5.07. The third kappa shape index (κ3) is 5.75. The van der Waals surface area contributed by atoms with Gasteiger partial charge in [0.05, 0.1) is 13.0 Å². The lowest BCUT2D eigenvalue weighted by atomic mass is 10.1. The van der Waals surface area contributed by atoms with Crippen molar-refractivity contribution in [3.05, 3.63) is 29.8 Å². The second-order valence-corrected chi connectivity index (χ2v) is 5.07. The molecule has 0 aliphatic carbocycles. The zero-order chi connectivity index (χ0) is 14.3. The molecule has 0 aliphatic rings. The number of methoxy groups -OCH3 is 1. The highest BCUT2D eigenvalue weighted by Gasteiger charge is 2.15. The van der Waals surface area contributed by atoms with Crippen molar-refractivity contribution < 1.29 is 14.6 Å². The first kappa shape index (κ1) is 15.5. The minimum atomic E-state index is 0.0661. The molecule has 1 aromatic rings. The van der Waals surface area contributed by atoms with Gasteiger partial charge in [0.15, 0.2) is 0 Å². The van der Waals surface area contributed by atoms with E-state index in [1.54, 1.807) is 25.3 Å². The smallest absolute Gasteiger partial charge is 0.227 e. The number of carbonyl (C=O) groups excluding carboxylic acids is 1. The van der Waals surface area contributed by atoms with Gasteiger partial charge in [-0.3, -0.25) is 4.79 Å². The number of amides is 1. The Bertz CT molecular complexity index is 404. The molecular formula is C15H23NO3. The highest BCUT2D eigenvalue weighted by atomic mass is 16.5. The van der Waals surface area contributed by atoms with Gasteiger partial charge < -0.3 is 14.7 Å². The van der Waals surface area contributed by atoms with Gasteiger partial charge in [0.2, 0.25) is 5.91 Å². The van der Waals surface area contributed by atoms with Crippen LogP contribution < -0.4 is 0 Å². The number of aromatic hydroxyl groups is 1. The highest BCUT2D eigenvalue weighted by molar-refractivity contribution is 5.78. The van der Waals surface area contributed by atoms with E-state index in [0.29, 0.717) is 25.5 Å². The number of hydrogen-bond acceptors (Lipinski definition) is 3. The Morgan fingerprint density at radius 1 is 1.42 bits per heavy atom. The van der Waals surface area contributed by atoms with E-state index in [1.807, 2.05) is 11.0 Å². The molecule has 1 amide bonds. The summed E-state index contributed by atoms with van der Waals surface area (Å²) in [5.41, 5.74) is 0.830. The van der Waals surface area contributed by atoms with Crippen molar-refractivity contribution in [3.63, 3.8) is 0 Å². The van der Waals surface area contributed by atoms with Crippen LogP contribution in [-0.4, -0.2) is 42.7 Å². The van der Waals surface area contributed by atoms with Gasteiger partial charge >= 0.3 is 0 Å². The first-order valence-corrected chi connectivity index (χ1v) is 6.57. The fourth-order valence-corrected chi connectivity index (χ4v) is 1.91. The Balaban J connectivity index is 2.65. The first-order valence-electron chi connectivity index (χ1n) is 6.57. The summed E-state index contributed by atoms with van der Waals surface area (Å²) in [4.78, 5) is 14.1. The fourth-order valence-electron chi connectivity index (χ4n) is 1.91. The van der Waals surface area contributed by atoms with Gasteiger partial charge in [-0.15, -0.1) is 0 Å². The topological polar surface area (TPSA) is 49.8 Å². The van der Waals surface area contributed by atoms with E-state index in [-0.39, 0.29) is 11.7 Å². The summed E-state index contributed by atoms with van der Waals surface area (Å²) < 4.78 is 5.04. The number of nitrogens with zero attached hydrogens (tertiary/aromatic N) is 1.